The van der Waals surface area contributed by atoms with Crippen LogP contribution >= 0.6 is 23.2 Å². The van der Waals surface area contributed by atoms with Gasteiger partial charge in [-0.25, -0.2) is 16.8 Å². The molecule has 0 aliphatic rings. The summed E-state index contributed by atoms with van der Waals surface area (Å²) in [6.45, 7) is 0. The van der Waals surface area contributed by atoms with E-state index in [1.807, 2.05) is 0 Å². The number of nitrogens with one attached hydrogen (secondary N) is 2. The zero-order valence-electron chi connectivity index (χ0n) is 14.5. The molecule has 0 radical (unpaired) electrons. The minimum atomic E-state index is -4.08. The van der Waals surface area contributed by atoms with Crippen molar-refractivity contribution in [1.29, 1.82) is 0 Å². The minimum absolute atomic E-state index is 0.105. The molecule has 11 heteroatoms. The van der Waals surface area contributed by atoms with Crippen LogP contribution in [0.2, 0.25) is 10.0 Å². The Labute approximate surface area is 178 Å². The van der Waals surface area contributed by atoms with E-state index in [0.717, 1.165) is 18.2 Å². The third kappa shape index (κ3) is 5.13. The zero-order valence-corrected chi connectivity index (χ0v) is 17.6. The Morgan fingerprint density at radius 3 is 1.97 bits per heavy atom. The summed E-state index contributed by atoms with van der Waals surface area (Å²) in [5.74, 6) is -0.441. The predicted molar refractivity (Wildman–Crippen MR) is 113 cm³/mol. The van der Waals surface area contributed by atoms with E-state index in [9.17, 15) is 21.9 Å². The summed E-state index contributed by atoms with van der Waals surface area (Å²) in [4.78, 5) is -0.365. The van der Waals surface area contributed by atoms with Crippen molar-refractivity contribution in [3.8, 4) is 5.75 Å². The summed E-state index contributed by atoms with van der Waals surface area (Å²) in [6.07, 6.45) is 0. The van der Waals surface area contributed by atoms with Gasteiger partial charge in [-0.3, -0.25) is 9.44 Å². The van der Waals surface area contributed by atoms with Crippen LogP contribution in [0.5, 0.6) is 5.75 Å². The smallest absolute Gasteiger partial charge is 0.262 e. The molecule has 0 bridgehead atoms. The molecule has 0 amide bonds. The van der Waals surface area contributed by atoms with Gasteiger partial charge >= 0.3 is 0 Å². The van der Waals surface area contributed by atoms with E-state index in [0.29, 0.717) is 10.0 Å². The monoisotopic (exact) mass is 472 g/mol. The van der Waals surface area contributed by atoms with Gasteiger partial charge in [0.05, 0.1) is 21.2 Å². The topological polar surface area (TPSA) is 113 Å². The Kier molecular flexibility index (Phi) is 5.95. The molecule has 29 heavy (non-hydrogen) atoms. The largest absolute Gasteiger partial charge is 0.506 e. The van der Waals surface area contributed by atoms with E-state index in [2.05, 4.69) is 9.44 Å². The van der Waals surface area contributed by atoms with Crippen molar-refractivity contribution in [2.75, 3.05) is 9.44 Å². The first kappa shape index (κ1) is 21.3. The van der Waals surface area contributed by atoms with E-state index in [4.69, 9.17) is 23.2 Å². The first-order valence-corrected chi connectivity index (χ1v) is 11.7. The fourth-order valence-electron chi connectivity index (χ4n) is 2.35. The first-order valence-electron chi connectivity index (χ1n) is 7.97. The number of halogens is 2. The molecule has 7 nitrogen and oxygen atoms in total. The van der Waals surface area contributed by atoms with Gasteiger partial charge in [0, 0.05) is 10.0 Å². The Bertz CT molecular complexity index is 1260. The van der Waals surface area contributed by atoms with Gasteiger partial charge in [0.2, 0.25) is 0 Å². The lowest BCUT2D eigenvalue weighted by molar-refractivity contribution is 0.477. The number of phenolic OH excluding ortho intramolecular Hbond substituents is 1. The van der Waals surface area contributed by atoms with Gasteiger partial charge in [-0.2, -0.15) is 0 Å². The molecule has 152 valence electrons. The van der Waals surface area contributed by atoms with E-state index in [1.54, 1.807) is 12.1 Å². The van der Waals surface area contributed by atoms with Crippen LogP contribution in [0.1, 0.15) is 0 Å². The summed E-state index contributed by atoms with van der Waals surface area (Å²) in [7, 11) is -8.15. The van der Waals surface area contributed by atoms with Gasteiger partial charge in [0.15, 0.2) is 0 Å². The number of phenols is 1. The number of aromatic hydroxyl groups is 1. The lowest BCUT2D eigenvalue weighted by Gasteiger charge is -2.13. The Morgan fingerprint density at radius 2 is 1.31 bits per heavy atom. The van der Waals surface area contributed by atoms with Crippen LogP contribution in [0, 0.1) is 0 Å². The molecule has 0 saturated carbocycles. The van der Waals surface area contributed by atoms with Gasteiger partial charge in [0.25, 0.3) is 20.0 Å². The van der Waals surface area contributed by atoms with Gasteiger partial charge in [-0.15, -0.1) is 0 Å². The number of rotatable bonds is 6. The minimum Gasteiger partial charge on any atom is -0.506 e. The highest BCUT2D eigenvalue weighted by Gasteiger charge is 2.20. The number of hydrogen-bond donors (Lipinski definition) is 3. The molecule has 0 saturated heterocycles. The molecule has 0 spiro atoms. The Balaban J connectivity index is 1.92. The van der Waals surface area contributed by atoms with Crippen LogP contribution < -0.4 is 9.44 Å². The molecule has 0 atom stereocenters. The fraction of sp³-hybridized carbons (Fsp3) is 0. The van der Waals surface area contributed by atoms with E-state index in [-0.39, 0.29) is 21.2 Å². The number of anilines is 2. The highest BCUT2D eigenvalue weighted by atomic mass is 35.5. The second kappa shape index (κ2) is 8.11. The molecule has 3 aromatic carbocycles. The average molecular weight is 473 g/mol. The molecule has 0 fully saturated rings. The summed E-state index contributed by atoms with van der Waals surface area (Å²) >= 11 is 11.6. The second-order valence-corrected chi connectivity index (χ2v) is 10.1. The zero-order chi connectivity index (χ0) is 21.2. The van der Waals surface area contributed by atoms with Crippen molar-refractivity contribution in [2.24, 2.45) is 0 Å². The molecular formula is C18H14Cl2N2O5S2. The average Bonchev–Trinajstić information content (AvgIpc) is 2.63. The molecule has 3 N–H and O–H groups in total. The fourth-order valence-corrected chi connectivity index (χ4v) is 4.80. The van der Waals surface area contributed by atoms with E-state index >= 15 is 0 Å². The summed E-state index contributed by atoms with van der Waals surface area (Å²) in [5, 5.41) is 10.7. The van der Waals surface area contributed by atoms with E-state index in [1.165, 1.54) is 36.4 Å². The highest BCUT2D eigenvalue weighted by molar-refractivity contribution is 7.93. The second-order valence-electron chi connectivity index (χ2n) is 5.85. The molecular weight excluding hydrogens is 459 g/mol. The van der Waals surface area contributed by atoms with Gasteiger partial charge in [-0.05, 0) is 60.7 Å². The number of sulfonamides is 2. The van der Waals surface area contributed by atoms with Crippen molar-refractivity contribution < 1.29 is 21.9 Å². The van der Waals surface area contributed by atoms with Gasteiger partial charge < -0.3 is 5.11 Å². The lowest BCUT2D eigenvalue weighted by atomic mass is 10.3. The van der Waals surface area contributed by atoms with Gasteiger partial charge in [0.1, 0.15) is 5.75 Å². The van der Waals surface area contributed by atoms with Gasteiger partial charge in [-0.1, -0.05) is 29.3 Å². The third-order valence-corrected chi connectivity index (χ3v) is 6.97. The molecule has 0 unspecified atom stereocenters. The van der Waals surface area contributed by atoms with Crippen LogP contribution in [0.15, 0.2) is 76.5 Å². The third-order valence-electron chi connectivity index (χ3n) is 3.72. The predicted octanol–water partition coefficient (Wildman–Crippen LogP) is 4.30. The van der Waals surface area contributed by atoms with Crippen LogP contribution in [0.3, 0.4) is 0 Å². The molecule has 0 heterocycles. The molecule has 0 aliphatic heterocycles. The summed E-state index contributed by atoms with van der Waals surface area (Å²) < 4.78 is 54.8. The summed E-state index contributed by atoms with van der Waals surface area (Å²) in [6, 6.07) is 14.7. The number of benzene rings is 3. The molecule has 3 aromatic rings. The van der Waals surface area contributed by atoms with Crippen molar-refractivity contribution in [3.05, 3.63) is 76.8 Å². The first-order chi connectivity index (χ1) is 13.6. The van der Waals surface area contributed by atoms with Crippen molar-refractivity contribution in [3.63, 3.8) is 0 Å². The standard InChI is InChI=1S/C18H14Cl2N2O5S2/c19-12-4-6-15(7-5-12)28(24,25)22-17-11-16(8-9-18(17)23)29(26,27)21-14-3-1-2-13(20)10-14/h1-11,21-23H. The van der Waals surface area contributed by atoms with Crippen LogP contribution in [-0.4, -0.2) is 21.9 Å². The molecule has 3 rings (SSSR count). The Morgan fingerprint density at radius 1 is 0.690 bits per heavy atom. The normalized spacial score (nSPS) is 11.8. The number of hydrogen-bond acceptors (Lipinski definition) is 5. The maximum Gasteiger partial charge on any atom is 0.262 e. The quantitative estimate of drug-likeness (QED) is 0.462. The van der Waals surface area contributed by atoms with E-state index < -0.39 is 25.8 Å². The maximum atomic E-state index is 12.6. The molecule has 0 aromatic heterocycles. The van der Waals surface area contributed by atoms with Crippen molar-refractivity contribution >= 4 is 54.6 Å². The highest BCUT2D eigenvalue weighted by Crippen LogP contribution is 2.30. The van der Waals surface area contributed by atoms with Crippen molar-refractivity contribution in [1.82, 2.24) is 0 Å². The van der Waals surface area contributed by atoms with Crippen LogP contribution in [-0.2, 0) is 20.0 Å². The van der Waals surface area contributed by atoms with Crippen LogP contribution in [0.4, 0.5) is 11.4 Å². The SMILES string of the molecule is O=S(=O)(Nc1cccc(Cl)c1)c1ccc(O)c(NS(=O)(=O)c2ccc(Cl)cc2)c1. The lowest BCUT2D eigenvalue weighted by Crippen LogP contribution is -2.15. The maximum absolute atomic E-state index is 12.6. The molecule has 0 aliphatic carbocycles. The van der Waals surface area contributed by atoms with Crippen LogP contribution in [0.25, 0.3) is 0 Å². The Hall–Kier alpha value is -2.46. The van der Waals surface area contributed by atoms with Crippen molar-refractivity contribution in [2.45, 2.75) is 9.79 Å². The summed E-state index contributed by atoms with van der Waals surface area (Å²) in [5.41, 5.74) is -0.0669.